The van der Waals surface area contributed by atoms with Crippen LogP contribution in [0.15, 0.2) is 52.4 Å². The second-order valence-corrected chi connectivity index (χ2v) is 6.56. The van der Waals surface area contributed by atoms with Gasteiger partial charge < -0.3 is 16.0 Å². The Labute approximate surface area is 151 Å². The van der Waals surface area contributed by atoms with Crippen LogP contribution in [-0.4, -0.2) is 24.9 Å². The number of aryl methyl sites for hydroxylation is 2. The number of fused-ring (bicyclic) bond motifs is 2. The minimum atomic E-state index is -1.39. The number of nitrogens with zero attached hydrogens (tertiary/aromatic N) is 3. The van der Waals surface area contributed by atoms with Gasteiger partial charge in [-0.15, -0.1) is 0 Å². The lowest BCUT2D eigenvalue weighted by Gasteiger charge is -2.26. The fourth-order valence-corrected chi connectivity index (χ4v) is 3.29. The van der Waals surface area contributed by atoms with E-state index in [9.17, 15) is 4.79 Å². The van der Waals surface area contributed by atoms with E-state index in [0.29, 0.717) is 5.96 Å². The van der Waals surface area contributed by atoms with E-state index >= 15 is 0 Å². The fraction of sp³-hybridized carbons (Fsp3) is 0.211. The molecule has 2 aliphatic rings. The molecule has 1 spiro atoms. The number of anilines is 2. The molecule has 0 radical (unpaired) electrons. The van der Waals surface area contributed by atoms with Crippen LogP contribution in [0.4, 0.5) is 11.4 Å². The number of hydrogen-bond donors (Lipinski definition) is 3. The van der Waals surface area contributed by atoms with Gasteiger partial charge in [0.2, 0.25) is 5.96 Å². The van der Waals surface area contributed by atoms with Crippen LogP contribution in [0, 0.1) is 13.8 Å². The van der Waals surface area contributed by atoms with Gasteiger partial charge in [-0.1, -0.05) is 24.3 Å². The van der Waals surface area contributed by atoms with Crippen molar-refractivity contribution in [3.63, 3.8) is 0 Å². The maximum Gasteiger partial charge on any atom is 0.282 e. The Morgan fingerprint density at radius 3 is 2.65 bits per heavy atom. The van der Waals surface area contributed by atoms with E-state index in [1.807, 2.05) is 49.4 Å². The van der Waals surface area contributed by atoms with Crippen molar-refractivity contribution >= 4 is 29.2 Å². The highest BCUT2D eigenvalue weighted by atomic mass is 16.2. The molecule has 132 valence electrons. The fourth-order valence-electron chi connectivity index (χ4n) is 3.29. The van der Waals surface area contributed by atoms with Crippen LogP contribution in [0.3, 0.4) is 0 Å². The van der Waals surface area contributed by atoms with Crippen LogP contribution in [0.25, 0.3) is 0 Å². The summed E-state index contributed by atoms with van der Waals surface area (Å²) < 4.78 is 0. The Morgan fingerprint density at radius 2 is 1.88 bits per heavy atom. The lowest BCUT2D eigenvalue weighted by molar-refractivity contribution is -0.122. The van der Waals surface area contributed by atoms with Crippen molar-refractivity contribution in [2.45, 2.75) is 19.5 Å². The molecule has 2 heterocycles. The number of nitrogens with two attached hydrogens (primary N) is 1. The standard InChI is InChI=1S/C19H20N6O/c1-11-8-9-13(10-12(11)2)21-18-22-17(20)23-19(24-18)14-6-4-5-7-15(14)25(3)16(19)26/h4-10H,1-3H3,(H4,20,21,22,23,24)/t19-/m0/s1. The summed E-state index contributed by atoms with van der Waals surface area (Å²) in [6.07, 6.45) is 0. The number of rotatable bonds is 1. The zero-order valence-electron chi connectivity index (χ0n) is 14.9. The van der Waals surface area contributed by atoms with Crippen molar-refractivity contribution in [2.24, 2.45) is 15.7 Å². The van der Waals surface area contributed by atoms with Gasteiger partial charge in [-0.25, -0.2) is 9.98 Å². The molecule has 0 aromatic heterocycles. The summed E-state index contributed by atoms with van der Waals surface area (Å²) >= 11 is 0. The van der Waals surface area contributed by atoms with E-state index in [1.54, 1.807) is 11.9 Å². The number of carbonyl (C=O) groups is 1. The van der Waals surface area contributed by atoms with Gasteiger partial charge in [0.05, 0.1) is 5.69 Å². The first kappa shape index (κ1) is 16.1. The Morgan fingerprint density at radius 1 is 1.12 bits per heavy atom. The molecule has 0 bridgehead atoms. The topological polar surface area (TPSA) is 95.1 Å². The number of carbonyl (C=O) groups excluding carboxylic acids is 1. The summed E-state index contributed by atoms with van der Waals surface area (Å²) in [4.78, 5) is 23.5. The summed E-state index contributed by atoms with van der Waals surface area (Å²) in [6, 6.07) is 13.5. The number of para-hydroxylation sites is 1. The van der Waals surface area contributed by atoms with Crippen molar-refractivity contribution in [1.29, 1.82) is 0 Å². The molecule has 2 aromatic carbocycles. The van der Waals surface area contributed by atoms with Gasteiger partial charge in [-0.05, 0) is 43.2 Å². The molecule has 0 fully saturated rings. The van der Waals surface area contributed by atoms with Crippen LogP contribution in [0.5, 0.6) is 0 Å². The van der Waals surface area contributed by atoms with E-state index in [4.69, 9.17) is 5.73 Å². The lowest BCUT2D eigenvalue weighted by atomic mass is 10.0. The predicted molar refractivity (Wildman–Crippen MR) is 103 cm³/mol. The van der Waals surface area contributed by atoms with Crippen molar-refractivity contribution < 1.29 is 4.79 Å². The van der Waals surface area contributed by atoms with Gasteiger partial charge in [-0.3, -0.25) is 10.1 Å². The predicted octanol–water partition coefficient (Wildman–Crippen LogP) is 1.82. The lowest BCUT2D eigenvalue weighted by Crippen LogP contribution is -2.50. The monoisotopic (exact) mass is 348 g/mol. The van der Waals surface area contributed by atoms with E-state index in [2.05, 4.69) is 27.5 Å². The zero-order valence-corrected chi connectivity index (χ0v) is 14.9. The number of benzene rings is 2. The van der Waals surface area contributed by atoms with Crippen LogP contribution in [0.2, 0.25) is 0 Å². The number of guanidine groups is 2. The van der Waals surface area contributed by atoms with Crippen molar-refractivity contribution in [2.75, 3.05) is 17.3 Å². The molecule has 7 heteroatoms. The molecule has 26 heavy (non-hydrogen) atoms. The Balaban J connectivity index is 1.78. The number of amides is 1. The number of nitrogens with one attached hydrogen (secondary N) is 2. The van der Waals surface area contributed by atoms with Crippen molar-refractivity contribution in [3.8, 4) is 0 Å². The smallest absolute Gasteiger partial charge is 0.282 e. The van der Waals surface area contributed by atoms with E-state index in [0.717, 1.165) is 22.5 Å². The highest BCUT2D eigenvalue weighted by molar-refractivity contribution is 6.14. The molecule has 0 unspecified atom stereocenters. The molecule has 4 rings (SSSR count). The highest BCUT2D eigenvalue weighted by Gasteiger charge is 2.52. The number of hydrogen-bond acceptors (Lipinski definition) is 6. The SMILES string of the molecule is Cc1ccc(NC2=N[C@]3(N=C(N)N2)C(=O)N(C)c2ccccc23)cc1C. The first-order valence-electron chi connectivity index (χ1n) is 8.35. The second kappa shape index (κ2) is 5.59. The second-order valence-electron chi connectivity index (χ2n) is 6.56. The molecule has 0 saturated carbocycles. The van der Waals surface area contributed by atoms with Crippen LogP contribution in [0.1, 0.15) is 16.7 Å². The molecular formula is C19H20N6O. The summed E-state index contributed by atoms with van der Waals surface area (Å²) in [5, 5.41) is 6.12. The van der Waals surface area contributed by atoms with Crippen LogP contribution >= 0.6 is 0 Å². The molecule has 2 aliphatic heterocycles. The molecule has 7 nitrogen and oxygen atoms in total. The molecular weight excluding hydrogens is 328 g/mol. The maximum atomic E-state index is 13.0. The summed E-state index contributed by atoms with van der Waals surface area (Å²) in [5.74, 6) is 0.298. The zero-order chi connectivity index (χ0) is 18.5. The average Bonchev–Trinajstić information content (AvgIpc) is 2.80. The molecule has 0 saturated heterocycles. The van der Waals surface area contributed by atoms with Crippen molar-refractivity contribution in [1.82, 2.24) is 5.32 Å². The quantitative estimate of drug-likeness (QED) is 0.732. The molecule has 2 aromatic rings. The maximum absolute atomic E-state index is 13.0. The summed E-state index contributed by atoms with van der Waals surface area (Å²) in [7, 11) is 1.72. The molecule has 1 amide bonds. The third kappa shape index (κ3) is 2.32. The number of likely N-dealkylation sites (N-methyl/N-ethyl adjacent to an activating group) is 1. The van der Waals surface area contributed by atoms with Gasteiger partial charge in [-0.2, -0.15) is 0 Å². The minimum absolute atomic E-state index is 0.143. The Hall–Kier alpha value is -3.35. The van der Waals surface area contributed by atoms with Gasteiger partial charge in [0.1, 0.15) is 0 Å². The Bertz CT molecular complexity index is 980. The third-order valence-electron chi connectivity index (χ3n) is 4.82. The first-order valence-corrected chi connectivity index (χ1v) is 8.35. The molecule has 0 aliphatic carbocycles. The average molecular weight is 348 g/mol. The van der Waals surface area contributed by atoms with Crippen molar-refractivity contribution in [3.05, 3.63) is 59.2 Å². The largest absolute Gasteiger partial charge is 0.370 e. The van der Waals surface area contributed by atoms with E-state index < -0.39 is 5.66 Å². The normalized spacial score (nSPS) is 21.2. The molecule has 4 N–H and O–H groups in total. The van der Waals surface area contributed by atoms with Gasteiger partial charge in [0.25, 0.3) is 11.6 Å². The van der Waals surface area contributed by atoms with Gasteiger partial charge in [0, 0.05) is 18.3 Å². The Kier molecular flexibility index (Phi) is 3.47. The highest BCUT2D eigenvalue weighted by Crippen LogP contribution is 2.43. The van der Waals surface area contributed by atoms with E-state index in [-0.39, 0.29) is 11.9 Å². The summed E-state index contributed by atoms with van der Waals surface area (Å²) in [6.45, 7) is 4.10. The minimum Gasteiger partial charge on any atom is -0.370 e. The van der Waals surface area contributed by atoms with Crippen LogP contribution < -0.4 is 21.3 Å². The summed E-state index contributed by atoms with van der Waals surface area (Å²) in [5.41, 5.74) is 9.33. The molecule has 1 atom stereocenters. The third-order valence-corrected chi connectivity index (χ3v) is 4.82. The van der Waals surface area contributed by atoms with Crippen LogP contribution in [-0.2, 0) is 10.5 Å². The number of aliphatic imine (C=N–C) groups is 2. The van der Waals surface area contributed by atoms with Gasteiger partial charge >= 0.3 is 0 Å². The van der Waals surface area contributed by atoms with Gasteiger partial charge in [0.15, 0.2) is 5.96 Å². The van der Waals surface area contributed by atoms with E-state index in [1.165, 1.54) is 5.56 Å². The first-order chi connectivity index (χ1) is 12.4.